The summed E-state index contributed by atoms with van der Waals surface area (Å²) in [5, 5.41) is 8.26. The first-order valence-corrected chi connectivity index (χ1v) is 5.76. The molecule has 0 spiro atoms. The Morgan fingerprint density at radius 3 is 2.27 bits per heavy atom. The van der Waals surface area contributed by atoms with Crippen molar-refractivity contribution in [1.82, 2.24) is 0 Å². The van der Waals surface area contributed by atoms with E-state index >= 15 is 0 Å². The van der Waals surface area contributed by atoms with E-state index in [4.69, 9.17) is 5.26 Å². The van der Waals surface area contributed by atoms with Crippen LogP contribution in [0.2, 0.25) is 0 Å². The summed E-state index contributed by atoms with van der Waals surface area (Å²) in [4.78, 5) is 0. The summed E-state index contributed by atoms with van der Waals surface area (Å²) in [6.45, 7) is 2.15. The van der Waals surface area contributed by atoms with Crippen molar-refractivity contribution in [3.8, 4) is 6.07 Å². The van der Waals surface area contributed by atoms with Gasteiger partial charge in [0.25, 0.3) is 0 Å². The average molecular weight is 203 g/mol. The third-order valence-electron chi connectivity index (χ3n) is 2.03. The Labute approximate surface area is 93.8 Å². The Kier molecular flexibility index (Phi) is 11.6. The van der Waals surface area contributed by atoms with E-state index in [2.05, 4.69) is 31.2 Å². The van der Waals surface area contributed by atoms with Crippen LogP contribution in [0.15, 0.2) is 36.5 Å². The van der Waals surface area contributed by atoms with Crippen LogP contribution in [0.4, 0.5) is 0 Å². The number of rotatable bonds is 8. The summed E-state index contributed by atoms with van der Waals surface area (Å²) in [7, 11) is 0. The van der Waals surface area contributed by atoms with Gasteiger partial charge in [0.05, 0.1) is 6.07 Å². The van der Waals surface area contributed by atoms with E-state index in [1.807, 2.05) is 12.1 Å². The van der Waals surface area contributed by atoms with Gasteiger partial charge in [-0.25, -0.2) is 0 Å². The van der Waals surface area contributed by atoms with Gasteiger partial charge in [-0.2, -0.15) is 5.26 Å². The fourth-order valence-corrected chi connectivity index (χ4v) is 1.22. The number of unbranched alkanes of at least 4 members (excludes halogenated alkanes) is 3. The van der Waals surface area contributed by atoms with Crippen molar-refractivity contribution < 1.29 is 0 Å². The molecule has 0 saturated carbocycles. The van der Waals surface area contributed by atoms with Crippen LogP contribution in [-0.4, -0.2) is 0 Å². The lowest BCUT2D eigenvalue weighted by Gasteiger charge is -1.91. The topological polar surface area (TPSA) is 23.8 Å². The molecule has 1 nitrogen and oxygen atoms in total. The number of hydrogen-bond donors (Lipinski definition) is 0. The van der Waals surface area contributed by atoms with Gasteiger partial charge in [-0.15, -0.1) is 0 Å². The molecule has 0 unspecified atom stereocenters. The first-order valence-electron chi connectivity index (χ1n) is 5.76. The monoisotopic (exact) mass is 203 g/mol. The van der Waals surface area contributed by atoms with Crippen LogP contribution in [0.5, 0.6) is 0 Å². The van der Waals surface area contributed by atoms with Gasteiger partial charge in [0.1, 0.15) is 0 Å². The second kappa shape index (κ2) is 12.7. The molecule has 82 valence electrons. The summed E-state index contributed by atoms with van der Waals surface area (Å²) in [5.74, 6) is 0. The van der Waals surface area contributed by atoms with Crippen molar-refractivity contribution in [2.45, 2.75) is 45.4 Å². The summed E-state index contributed by atoms with van der Waals surface area (Å²) in [6.07, 6.45) is 19.1. The first-order chi connectivity index (χ1) is 7.41. The van der Waals surface area contributed by atoms with E-state index in [9.17, 15) is 0 Å². The van der Waals surface area contributed by atoms with Gasteiger partial charge >= 0.3 is 0 Å². The number of nitrogens with zero attached hydrogens (tertiary/aromatic N) is 1. The fraction of sp³-hybridized carbons (Fsp3) is 0.500. The van der Waals surface area contributed by atoms with Crippen molar-refractivity contribution in [2.75, 3.05) is 0 Å². The molecular weight excluding hydrogens is 182 g/mol. The van der Waals surface area contributed by atoms with Crippen molar-refractivity contribution in [2.24, 2.45) is 0 Å². The molecule has 0 radical (unpaired) electrons. The minimum atomic E-state index is 1.02. The maximum atomic E-state index is 8.26. The molecule has 0 saturated heterocycles. The highest BCUT2D eigenvalue weighted by atomic mass is 14.2. The number of allylic oxidation sites excluding steroid dienone is 6. The van der Waals surface area contributed by atoms with Crippen molar-refractivity contribution in [3.05, 3.63) is 36.5 Å². The molecule has 0 N–H and O–H groups in total. The molecular formula is C14H21N. The van der Waals surface area contributed by atoms with E-state index in [0.717, 1.165) is 25.7 Å². The maximum Gasteiger partial charge on any atom is 0.0908 e. The van der Waals surface area contributed by atoms with Crippen LogP contribution in [0.3, 0.4) is 0 Å². The smallest absolute Gasteiger partial charge is 0.0908 e. The summed E-state index contributed by atoms with van der Waals surface area (Å²) >= 11 is 0. The van der Waals surface area contributed by atoms with Gasteiger partial charge in [-0.1, -0.05) is 37.3 Å². The summed E-state index contributed by atoms with van der Waals surface area (Å²) in [6, 6.07) is 2.00. The first kappa shape index (κ1) is 13.7. The van der Waals surface area contributed by atoms with E-state index in [-0.39, 0.29) is 0 Å². The fourth-order valence-electron chi connectivity index (χ4n) is 1.22. The third kappa shape index (κ3) is 12.7. The molecule has 0 amide bonds. The molecule has 0 rings (SSSR count). The predicted molar refractivity (Wildman–Crippen MR) is 66.4 cm³/mol. The largest absolute Gasteiger partial charge is 0.193 e. The lowest BCUT2D eigenvalue weighted by molar-refractivity contribution is 0.761. The second-order valence-corrected chi connectivity index (χ2v) is 3.40. The van der Waals surface area contributed by atoms with Gasteiger partial charge in [0.15, 0.2) is 0 Å². The zero-order valence-electron chi connectivity index (χ0n) is 9.65. The van der Waals surface area contributed by atoms with Crippen molar-refractivity contribution in [3.63, 3.8) is 0 Å². The lowest BCUT2D eigenvalue weighted by atomic mass is 10.1. The van der Waals surface area contributed by atoms with Crippen LogP contribution >= 0.6 is 0 Å². The van der Waals surface area contributed by atoms with E-state index in [0.29, 0.717) is 0 Å². The number of hydrogen-bond acceptors (Lipinski definition) is 1. The van der Waals surface area contributed by atoms with E-state index in [1.54, 1.807) is 6.08 Å². The average Bonchev–Trinajstić information content (AvgIpc) is 2.26. The van der Waals surface area contributed by atoms with Crippen LogP contribution in [0.1, 0.15) is 45.4 Å². The molecule has 0 aliphatic rings. The molecule has 1 heteroatoms. The Bertz CT molecular complexity index is 241. The molecule has 0 bridgehead atoms. The highest BCUT2D eigenvalue weighted by molar-refractivity contribution is 5.01. The van der Waals surface area contributed by atoms with Gasteiger partial charge in [-0.05, 0) is 38.5 Å². The Morgan fingerprint density at radius 2 is 1.60 bits per heavy atom. The lowest BCUT2D eigenvalue weighted by Crippen LogP contribution is -1.72. The predicted octanol–water partition coefficient (Wildman–Crippen LogP) is 4.54. The number of nitriles is 1. The normalized spacial score (nSPS) is 11.7. The zero-order valence-corrected chi connectivity index (χ0v) is 9.65. The summed E-state index contributed by atoms with van der Waals surface area (Å²) < 4.78 is 0. The molecule has 0 aliphatic heterocycles. The van der Waals surface area contributed by atoms with Gasteiger partial charge < -0.3 is 0 Å². The van der Waals surface area contributed by atoms with Crippen LogP contribution in [-0.2, 0) is 0 Å². The second-order valence-electron chi connectivity index (χ2n) is 3.40. The van der Waals surface area contributed by atoms with Crippen LogP contribution < -0.4 is 0 Å². The van der Waals surface area contributed by atoms with Gasteiger partial charge in [0, 0.05) is 6.08 Å². The minimum absolute atomic E-state index is 1.02. The minimum Gasteiger partial charge on any atom is -0.193 e. The molecule has 0 aromatic rings. The van der Waals surface area contributed by atoms with Crippen molar-refractivity contribution >= 4 is 0 Å². The SMILES string of the molecule is CC/C=C/C/C=C/CCCC/C=C/C#N. The van der Waals surface area contributed by atoms with Crippen molar-refractivity contribution in [1.29, 1.82) is 5.26 Å². The molecule has 15 heavy (non-hydrogen) atoms. The Hall–Kier alpha value is -1.29. The van der Waals surface area contributed by atoms with E-state index in [1.165, 1.54) is 12.8 Å². The Morgan fingerprint density at radius 1 is 0.933 bits per heavy atom. The molecule has 0 aliphatic carbocycles. The van der Waals surface area contributed by atoms with Gasteiger partial charge in [0.2, 0.25) is 0 Å². The molecule has 0 aromatic heterocycles. The van der Waals surface area contributed by atoms with Crippen LogP contribution in [0, 0.1) is 11.3 Å². The van der Waals surface area contributed by atoms with Crippen LogP contribution in [0.25, 0.3) is 0 Å². The molecule has 0 fully saturated rings. The molecule has 0 heterocycles. The Balaban J connectivity index is 3.20. The van der Waals surface area contributed by atoms with E-state index < -0.39 is 0 Å². The standard InChI is InChI=1S/C14H21N/c1-2-3-4-5-6-7-8-9-10-11-12-13-14-15/h3-4,6-7,12-13H,2,5,8-11H2,1H3/b4-3+,7-6+,13-12+. The highest BCUT2D eigenvalue weighted by Gasteiger charge is 1.82. The molecule has 0 aromatic carbocycles. The molecule has 0 atom stereocenters. The third-order valence-corrected chi connectivity index (χ3v) is 2.03. The maximum absolute atomic E-state index is 8.26. The summed E-state index contributed by atoms with van der Waals surface area (Å²) in [5.41, 5.74) is 0. The quantitative estimate of drug-likeness (QED) is 0.323. The zero-order chi connectivity index (χ0) is 11.2. The van der Waals surface area contributed by atoms with Gasteiger partial charge in [-0.3, -0.25) is 0 Å². The highest BCUT2D eigenvalue weighted by Crippen LogP contribution is 2.02.